The fraction of sp³-hybridized carbons (Fsp3) is 0.286. The molecule has 5 heteroatoms. The number of pyridine rings is 1. The summed E-state index contributed by atoms with van der Waals surface area (Å²) in [5.74, 6) is 0. The zero-order valence-corrected chi connectivity index (χ0v) is 7.70. The van der Waals surface area contributed by atoms with E-state index in [1.807, 2.05) is 0 Å². The highest BCUT2D eigenvalue weighted by Gasteiger charge is 2.32. The lowest BCUT2D eigenvalue weighted by Crippen LogP contribution is -2.07. The van der Waals surface area contributed by atoms with Crippen LogP contribution in [0.2, 0.25) is 0 Å². The second-order valence-corrected chi connectivity index (χ2v) is 3.13. The average Bonchev–Trinajstić information content (AvgIpc) is 1.92. The Balaban J connectivity index is 3.23. The zero-order valence-electron chi connectivity index (χ0n) is 6.11. The number of aryl methyl sites for hydroxylation is 1. The Morgan fingerprint density at radius 2 is 2.00 bits per heavy atom. The molecule has 1 rings (SSSR count). The van der Waals surface area contributed by atoms with Gasteiger partial charge in [0.05, 0.1) is 5.56 Å². The third-order valence-electron chi connectivity index (χ3n) is 1.38. The molecule has 0 N–H and O–H groups in total. The van der Waals surface area contributed by atoms with E-state index >= 15 is 0 Å². The summed E-state index contributed by atoms with van der Waals surface area (Å²) in [6.07, 6.45) is -3.11. The Morgan fingerprint density at radius 1 is 1.42 bits per heavy atom. The number of nitrogens with zero attached hydrogens (tertiary/aromatic N) is 1. The van der Waals surface area contributed by atoms with Gasteiger partial charge in [-0.1, -0.05) is 0 Å². The second kappa shape index (κ2) is 3.05. The van der Waals surface area contributed by atoms with Crippen LogP contribution < -0.4 is 0 Å². The lowest BCUT2D eigenvalue weighted by atomic mass is 10.1. The molecular formula is C7H5BrF3N. The highest BCUT2D eigenvalue weighted by molar-refractivity contribution is 9.10. The van der Waals surface area contributed by atoms with Crippen LogP contribution in [-0.4, -0.2) is 4.98 Å². The number of hydrogen-bond donors (Lipinski definition) is 0. The maximum atomic E-state index is 12.2. The zero-order chi connectivity index (χ0) is 9.35. The van der Waals surface area contributed by atoms with Crippen LogP contribution in [0.25, 0.3) is 0 Å². The van der Waals surface area contributed by atoms with Crippen molar-refractivity contribution in [1.29, 1.82) is 0 Å². The predicted molar refractivity (Wildman–Crippen MR) is 41.7 cm³/mol. The molecule has 0 saturated carbocycles. The number of hydrogen-bond acceptors (Lipinski definition) is 1. The first-order chi connectivity index (χ1) is 5.41. The minimum absolute atomic E-state index is 0.130. The maximum absolute atomic E-state index is 12.2. The molecule has 1 aromatic rings. The van der Waals surface area contributed by atoms with Crippen LogP contribution in [0.3, 0.4) is 0 Å². The number of rotatable bonds is 0. The van der Waals surface area contributed by atoms with Crippen molar-refractivity contribution in [2.45, 2.75) is 13.1 Å². The van der Waals surface area contributed by atoms with Crippen molar-refractivity contribution in [3.05, 3.63) is 28.0 Å². The van der Waals surface area contributed by atoms with Gasteiger partial charge in [0.2, 0.25) is 0 Å². The van der Waals surface area contributed by atoms with Crippen molar-refractivity contribution in [1.82, 2.24) is 4.98 Å². The van der Waals surface area contributed by atoms with E-state index in [0.29, 0.717) is 0 Å². The molecule has 0 atom stereocenters. The molecule has 0 aliphatic heterocycles. The minimum Gasteiger partial charge on any atom is -0.249 e. The fourth-order valence-corrected chi connectivity index (χ4v) is 1.13. The summed E-state index contributed by atoms with van der Waals surface area (Å²) >= 11 is 2.88. The van der Waals surface area contributed by atoms with Crippen LogP contribution in [0.4, 0.5) is 13.2 Å². The molecule has 1 heterocycles. The Kier molecular flexibility index (Phi) is 2.41. The molecule has 1 nitrogen and oxygen atoms in total. The van der Waals surface area contributed by atoms with Gasteiger partial charge in [-0.25, -0.2) is 4.98 Å². The summed E-state index contributed by atoms with van der Waals surface area (Å²) in [6, 6.07) is 0.968. The van der Waals surface area contributed by atoms with Crippen LogP contribution >= 0.6 is 15.9 Å². The monoisotopic (exact) mass is 239 g/mol. The standard InChI is InChI=1S/C7H5BrF3N/c1-4-3-12-6(8)2-5(4)7(9,10)11/h2-3H,1H3. The third kappa shape index (κ3) is 1.97. The topological polar surface area (TPSA) is 12.9 Å². The van der Waals surface area contributed by atoms with Crippen LogP contribution in [-0.2, 0) is 6.18 Å². The van der Waals surface area contributed by atoms with E-state index in [-0.39, 0.29) is 10.2 Å². The van der Waals surface area contributed by atoms with Crippen molar-refractivity contribution in [3.63, 3.8) is 0 Å². The van der Waals surface area contributed by atoms with E-state index in [1.165, 1.54) is 13.1 Å². The molecule has 0 amide bonds. The summed E-state index contributed by atoms with van der Waals surface area (Å²) in [5.41, 5.74) is -0.518. The lowest BCUT2D eigenvalue weighted by molar-refractivity contribution is -0.138. The molecule has 0 aromatic carbocycles. The summed E-state index contributed by atoms with van der Waals surface area (Å²) in [7, 11) is 0. The van der Waals surface area contributed by atoms with E-state index in [0.717, 1.165) is 6.07 Å². The van der Waals surface area contributed by atoms with Gasteiger partial charge in [0.1, 0.15) is 4.60 Å². The number of aromatic nitrogens is 1. The number of halogens is 4. The highest BCUT2D eigenvalue weighted by Crippen LogP contribution is 2.32. The quantitative estimate of drug-likeness (QED) is 0.634. The smallest absolute Gasteiger partial charge is 0.249 e. The summed E-state index contributed by atoms with van der Waals surface area (Å²) in [6.45, 7) is 1.38. The van der Waals surface area contributed by atoms with Crippen molar-refractivity contribution < 1.29 is 13.2 Å². The normalized spacial score (nSPS) is 11.8. The Labute approximate surface area is 75.7 Å². The van der Waals surface area contributed by atoms with Gasteiger partial charge in [-0.05, 0) is 34.5 Å². The van der Waals surface area contributed by atoms with Crippen molar-refractivity contribution in [2.75, 3.05) is 0 Å². The molecule has 0 unspecified atom stereocenters. The van der Waals surface area contributed by atoms with Gasteiger partial charge in [-0.3, -0.25) is 0 Å². The first-order valence-electron chi connectivity index (χ1n) is 3.10. The predicted octanol–water partition coefficient (Wildman–Crippen LogP) is 3.17. The van der Waals surface area contributed by atoms with Crippen molar-refractivity contribution >= 4 is 15.9 Å². The molecule has 1 aromatic heterocycles. The minimum atomic E-state index is -4.30. The lowest BCUT2D eigenvalue weighted by Gasteiger charge is -2.08. The molecule has 0 fully saturated rings. The van der Waals surface area contributed by atoms with Crippen LogP contribution in [0.5, 0.6) is 0 Å². The molecule has 0 radical (unpaired) electrons. The van der Waals surface area contributed by atoms with E-state index < -0.39 is 11.7 Å². The van der Waals surface area contributed by atoms with Gasteiger partial charge >= 0.3 is 6.18 Å². The van der Waals surface area contributed by atoms with E-state index in [4.69, 9.17) is 0 Å². The molecule has 12 heavy (non-hydrogen) atoms. The second-order valence-electron chi connectivity index (χ2n) is 2.32. The first kappa shape index (κ1) is 9.51. The molecule has 0 bridgehead atoms. The summed E-state index contributed by atoms with van der Waals surface area (Å²) < 4.78 is 36.7. The van der Waals surface area contributed by atoms with Crippen molar-refractivity contribution in [2.24, 2.45) is 0 Å². The molecule has 0 aliphatic carbocycles. The Hall–Kier alpha value is -0.580. The Bertz CT molecular complexity index is 295. The molecule has 66 valence electrons. The fourth-order valence-electron chi connectivity index (χ4n) is 0.804. The average molecular weight is 240 g/mol. The molecule has 0 aliphatic rings. The van der Waals surface area contributed by atoms with Gasteiger partial charge in [0.25, 0.3) is 0 Å². The van der Waals surface area contributed by atoms with Gasteiger partial charge in [-0.2, -0.15) is 13.2 Å². The number of alkyl halides is 3. The van der Waals surface area contributed by atoms with Gasteiger partial charge < -0.3 is 0 Å². The summed E-state index contributed by atoms with van der Waals surface area (Å²) in [5, 5.41) is 0. The van der Waals surface area contributed by atoms with Gasteiger partial charge in [-0.15, -0.1) is 0 Å². The first-order valence-corrected chi connectivity index (χ1v) is 3.90. The highest BCUT2D eigenvalue weighted by atomic mass is 79.9. The maximum Gasteiger partial charge on any atom is 0.416 e. The Morgan fingerprint density at radius 3 is 2.42 bits per heavy atom. The van der Waals surface area contributed by atoms with E-state index in [9.17, 15) is 13.2 Å². The van der Waals surface area contributed by atoms with Gasteiger partial charge in [0, 0.05) is 6.20 Å². The SMILES string of the molecule is Cc1cnc(Br)cc1C(F)(F)F. The van der Waals surface area contributed by atoms with Crippen LogP contribution in [0.15, 0.2) is 16.9 Å². The van der Waals surface area contributed by atoms with E-state index in [1.54, 1.807) is 0 Å². The van der Waals surface area contributed by atoms with Crippen LogP contribution in [0.1, 0.15) is 11.1 Å². The largest absolute Gasteiger partial charge is 0.416 e. The molecular weight excluding hydrogens is 235 g/mol. The summed E-state index contributed by atoms with van der Waals surface area (Å²) in [4.78, 5) is 3.67. The third-order valence-corrected chi connectivity index (χ3v) is 1.81. The van der Waals surface area contributed by atoms with Gasteiger partial charge in [0.15, 0.2) is 0 Å². The van der Waals surface area contributed by atoms with E-state index in [2.05, 4.69) is 20.9 Å². The molecule has 0 spiro atoms. The molecule has 0 saturated heterocycles. The van der Waals surface area contributed by atoms with Crippen molar-refractivity contribution in [3.8, 4) is 0 Å². The van der Waals surface area contributed by atoms with Crippen LogP contribution in [0, 0.1) is 6.92 Å².